The fraction of sp³-hybridized carbons (Fsp3) is 0.368. The molecule has 3 rings (SSSR count). The normalized spacial score (nSPS) is 16.4. The van der Waals surface area contributed by atoms with Crippen molar-refractivity contribution in [2.45, 2.75) is 25.4 Å². The minimum Gasteiger partial charge on any atom is -0.350 e. The Morgan fingerprint density at radius 3 is 2.80 bits per heavy atom. The number of piperidine rings is 1. The number of nitrogens with one attached hydrogen (secondary N) is 1. The molecule has 0 aliphatic carbocycles. The first kappa shape index (κ1) is 17.4. The molecule has 25 heavy (non-hydrogen) atoms. The van der Waals surface area contributed by atoms with Crippen molar-refractivity contribution in [1.82, 2.24) is 20.0 Å². The Hall–Kier alpha value is -2.47. The van der Waals surface area contributed by atoms with Crippen LogP contribution in [0, 0.1) is 5.82 Å². The van der Waals surface area contributed by atoms with Gasteiger partial charge >= 0.3 is 0 Å². The molecule has 2 aromatic rings. The van der Waals surface area contributed by atoms with Crippen LogP contribution in [0.15, 0.2) is 42.7 Å². The van der Waals surface area contributed by atoms with Crippen molar-refractivity contribution >= 4 is 12.0 Å². The molecule has 0 radical (unpaired) electrons. The highest BCUT2D eigenvalue weighted by Crippen LogP contribution is 2.15. The van der Waals surface area contributed by atoms with Crippen molar-refractivity contribution in [3.05, 3.63) is 59.7 Å². The Morgan fingerprint density at radius 2 is 2.12 bits per heavy atom. The lowest BCUT2D eigenvalue weighted by Crippen LogP contribution is -2.43. The van der Waals surface area contributed by atoms with E-state index in [-0.39, 0.29) is 17.8 Å². The second kappa shape index (κ2) is 8.07. The predicted molar refractivity (Wildman–Crippen MR) is 95.1 cm³/mol. The fourth-order valence-corrected chi connectivity index (χ4v) is 3.05. The number of hydrogen-bond donors (Lipinski definition) is 1. The quantitative estimate of drug-likeness (QED) is 0.849. The lowest BCUT2D eigenvalue weighted by molar-refractivity contribution is -0.117. The van der Waals surface area contributed by atoms with E-state index in [1.54, 1.807) is 29.1 Å². The van der Waals surface area contributed by atoms with Crippen LogP contribution in [0.2, 0.25) is 0 Å². The highest BCUT2D eigenvalue weighted by Gasteiger charge is 2.20. The number of carbonyl (C=O) groups excluding carboxylic acids is 1. The van der Waals surface area contributed by atoms with Gasteiger partial charge in [-0.2, -0.15) is 5.10 Å². The molecule has 6 heteroatoms. The van der Waals surface area contributed by atoms with Crippen molar-refractivity contribution in [1.29, 1.82) is 0 Å². The van der Waals surface area contributed by atoms with Gasteiger partial charge in [0.05, 0.1) is 6.20 Å². The Bertz CT molecular complexity index is 747. The summed E-state index contributed by atoms with van der Waals surface area (Å²) in [5, 5.41) is 7.10. The molecule has 5 nitrogen and oxygen atoms in total. The van der Waals surface area contributed by atoms with E-state index in [1.165, 1.54) is 6.07 Å². The van der Waals surface area contributed by atoms with E-state index in [1.807, 2.05) is 25.4 Å². The van der Waals surface area contributed by atoms with Crippen molar-refractivity contribution in [2.24, 2.45) is 7.05 Å². The second-order valence-electron chi connectivity index (χ2n) is 6.43. The number of benzene rings is 1. The summed E-state index contributed by atoms with van der Waals surface area (Å²) in [6.45, 7) is 2.32. The number of carbonyl (C=O) groups is 1. The van der Waals surface area contributed by atoms with Gasteiger partial charge in [0, 0.05) is 56.1 Å². The summed E-state index contributed by atoms with van der Waals surface area (Å²) < 4.78 is 15.4. The fourth-order valence-electron chi connectivity index (χ4n) is 3.05. The van der Waals surface area contributed by atoms with Crippen molar-refractivity contribution in [3.8, 4) is 0 Å². The smallest absolute Gasteiger partial charge is 0.244 e. The highest BCUT2D eigenvalue weighted by atomic mass is 19.1. The van der Waals surface area contributed by atoms with Crippen molar-refractivity contribution in [2.75, 3.05) is 13.1 Å². The van der Waals surface area contributed by atoms with Crippen molar-refractivity contribution < 1.29 is 9.18 Å². The van der Waals surface area contributed by atoms with Crippen LogP contribution in [0.5, 0.6) is 0 Å². The van der Waals surface area contributed by atoms with E-state index < -0.39 is 0 Å². The maximum Gasteiger partial charge on any atom is 0.244 e. The molecule has 2 heterocycles. The maximum atomic E-state index is 13.7. The SMILES string of the molecule is Cn1cc(/C=C/C(=O)NC2CCN(Cc3ccccc3F)CC2)cn1. The van der Waals surface area contributed by atoms with E-state index in [4.69, 9.17) is 0 Å². The third-order valence-corrected chi connectivity index (χ3v) is 4.44. The number of likely N-dealkylation sites (tertiary alicyclic amines) is 1. The zero-order valence-corrected chi connectivity index (χ0v) is 14.4. The Morgan fingerprint density at radius 1 is 1.36 bits per heavy atom. The van der Waals surface area contributed by atoms with Crippen LogP contribution in [0.4, 0.5) is 4.39 Å². The number of halogens is 1. The number of aromatic nitrogens is 2. The summed E-state index contributed by atoms with van der Waals surface area (Å²) in [6, 6.07) is 7.06. The molecule has 0 spiro atoms. The third-order valence-electron chi connectivity index (χ3n) is 4.44. The van der Waals surface area contributed by atoms with Crippen LogP contribution in [0.1, 0.15) is 24.0 Å². The molecule has 1 N–H and O–H groups in total. The molecule has 1 aromatic heterocycles. The second-order valence-corrected chi connectivity index (χ2v) is 6.43. The first-order valence-electron chi connectivity index (χ1n) is 8.53. The van der Waals surface area contributed by atoms with Gasteiger partial charge < -0.3 is 5.32 Å². The predicted octanol–water partition coefficient (Wildman–Crippen LogP) is 2.35. The maximum absolute atomic E-state index is 13.7. The van der Waals surface area contributed by atoms with Gasteiger partial charge in [-0.3, -0.25) is 14.4 Å². The first-order valence-corrected chi connectivity index (χ1v) is 8.53. The Kier molecular flexibility index (Phi) is 5.60. The standard InChI is InChI=1S/C19H23FN4O/c1-23-13-15(12-21-23)6-7-19(25)22-17-8-10-24(11-9-17)14-16-4-2-3-5-18(16)20/h2-7,12-13,17H,8-11,14H2,1H3,(H,22,25)/b7-6+. The van der Waals surface area contributed by atoms with E-state index in [9.17, 15) is 9.18 Å². The van der Waals surface area contributed by atoms with Crippen LogP contribution in [0.25, 0.3) is 6.08 Å². The van der Waals surface area contributed by atoms with Gasteiger partial charge in [0.25, 0.3) is 0 Å². The summed E-state index contributed by atoms with van der Waals surface area (Å²) in [5.74, 6) is -0.241. The first-order chi connectivity index (χ1) is 12.1. The average molecular weight is 342 g/mol. The molecule has 0 bridgehead atoms. The zero-order chi connectivity index (χ0) is 17.6. The number of rotatable bonds is 5. The number of hydrogen-bond acceptors (Lipinski definition) is 3. The largest absolute Gasteiger partial charge is 0.350 e. The molecule has 1 amide bonds. The molecule has 1 aromatic carbocycles. The van der Waals surface area contributed by atoms with E-state index in [0.29, 0.717) is 6.54 Å². The van der Waals surface area contributed by atoms with Gasteiger partial charge in [-0.25, -0.2) is 4.39 Å². The van der Waals surface area contributed by atoms with E-state index >= 15 is 0 Å². The molecular weight excluding hydrogens is 319 g/mol. The van der Waals surface area contributed by atoms with Crippen LogP contribution in [-0.4, -0.2) is 39.7 Å². The number of aryl methyl sites for hydroxylation is 1. The van der Waals surface area contributed by atoms with Gasteiger partial charge in [0.1, 0.15) is 5.82 Å². The molecule has 1 fully saturated rings. The van der Waals surface area contributed by atoms with Crippen LogP contribution in [-0.2, 0) is 18.4 Å². The summed E-state index contributed by atoms with van der Waals surface area (Å²) in [6.07, 6.45) is 8.62. The van der Waals surface area contributed by atoms with Gasteiger partial charge in [-0.15, -0.1) is 0 Å². The van der Waals surface area contributed by atoms with Gasteiger partial charge in [0.2, 0.25) is 5.91 Å². The van der Waals surface area contributed by atoms with Crippen molar-refractivity contribution in [3.63, 3.8) is 0 Å². The van der Waals surface area contributed by atoms with E-state index in [0.717, 1.165) is 37.1 Å². The molecule has 1 saturated heterocycles. The minimum absolute atomic E-state index is 0.0867. The Balaban J connectivity index is 1.44. The van der Waals surface area contributed by atoms with Crippen LogP contribution < -0.4 is 5.32 Å². The minimum atomic E-state index is -0.154. The van der Waals surface area contributed by atoms with Crippen LogP contribution >= 0.6 is 0 Å². The zero-order valence-electron chi connectivity index (χ0n) is 14.4. The summed E-state index contributed by atoms with van der Waals surface area (Å²) in [5.41, 5.74) is 1.63. The Labute approximate surface area is 147 Å². The monoisotopic (exact) mass is 342 g/mol. The molecule has 1 aliphatic rings. The van der Waals surface area contributed by atoms with Gasteiger partial charge in [0.15, 0.2) is 0 Å². The van der Waals surface area contributed by atoms with Gasteiger partial charge in [-0.1, -0.05) is 18.2 Å². The highest BCUT2D eigenvalue weighted by molar-refractivity contribution is 5.91. The lowest BCUT2D eigenvalue weighted by atomic mass is 10.0. The lowest BCUT2D eigenvalue weighted by Gasteiger charge is -2.32. The topological polar surface area (TPSA) is 50.2 Å². The summed E-state index contributed by atoms with van der Waals surface area (Å²) >= 11 is 0. The third kappa shape index (κ3) is 5.00. The average Bonchev–Trinajstić information content (AvgIpc) is 3.02. The molecule has 0 atom stereocenters. The van der Waals surface area contributed by atoms with Gasteiger partial charge in [-0.05, 0) is 25.0 Å². The van der Waals surface area contributed by atoms with Crippen LogP contribution in [0.3, 0.4) is 0 Å². The van der Waals surface area contributed by atoms with E-state index in [2.05, 4.69) is 15.3 Å². The number of amides is 1. The summed E-state index contributed by atoms with van der Waals surface area (Å²) in [4.78, 5) is 14.2. The molecular formula is C19H23FN4O. The molecule has 132 valence electrons. The molecule has 0 unspecified atom stereocenters. The molecule has 1 aliphatic heterocycles. The molecule has 0 saturated carbocycles. The number of nitrogens with zero attached hydrogens (tertiary/aromatic N) is 3. The summed E-state index contributed by atoms with van der Waals surface area (Å²) in [7, 11) is 1.84.